The van der Waals surface area contributed by atoms with Crippen LogP contribution < -0.4 is 14.8 Å². The molecule has 1 aromatic rings. The van der Waals surface area contributed by atoms with Gasteiger partial charge in [0.05, 0.1) is 14.2 Å². The van der Waals surface area contributed by atoms with E-state index in [1.807, 2.05) is 18.2 Å². The fourth-order valence-corrected chi connectivity index (χ4v) is 1.74. The maximum atomic E-state index is 11.4. The lowest BCUT2D eigenvalue weighted by Crippen LogP contribution is -2.25. The Morgan fingerprint density at radius 2 is 2.05 bits per heavy atom. The quantitative estimate of drug-likeness (QED) is 0.584. The predicted octanol–water partition coefficient (Wildman–Crippen LogP) is 2.14. The highest BCUT2D eigenvalue weighted by Gasteiger charge is 2.17. The number of esters is 1. The number of carbonyl (C=O) groups excluding carboxylic acids is 1. The van der Waals surface area contributed by atoms with Crippen molar-refractivity contribution in [2.24, 2.45) is 0 Å². The van der Waals surface area contributed by atoms with E-state index in [1.54, 1.807) is 14.0 Å². The standard InChI is InChI=1S/C15H23NO4/c1-5-8-16-10-12-6-7-13(18-3)14(9-12)20-11(2)15(17)19-4/h6-7,9,11,16H,5,8,10H2,1-4H3. The molecule has 5 nitrogen and oxygen atoms in total. The van der Waals surface area contributed by atoms with Crippen LogP contribution in [0.1, 0.15) is 25.8 Å². The summed E-state index contributed by atoms with van der Waals surface area (Å²) in [4.78, 5) is 11.4. The number of hydrogen-bond donors (Lipinski definition) is 1. The van der Waals surface area contributed by atoms with Gasteiger partial charge in [-0.1, -0.05) is 13.0 Å². The first-order valence-corrected chi connectivity index (χ1v) is 6.74. The molecular formula is C15H23NO4. The van der Waals surface area contributed by atoms with Crippen molar-refractivity contribution < 1.29 is 19.0 Å². The fourth-order valence-electron chi connectivity index (χ4n) is 1.74. The summed E-state index contributed by atoms with van der Waals surface area (Å²) in [5.74, 6) is 0.725. The molecule has 5 heteroatoms. The van der Waals surface area contributed by atoms with Gasteiger partial charge in [0.1, 0.15) is 0 Å². The van der Waals surface area contributed by atoms with Gasteiger partial charge in [-0.3, -0.25) is 0 Å². The molecular weight excluding hydrogens is 258 g/mol. The Morgan fingerprint density at radius 1 is 1.30 bits per heavy atom. The minimum absolute atomic E-state index is 0.415. The lowest BCUT2D eigenvalue weighted by atomic mass is 10.2. The van der Waals surface area contributed by atoms with Crippen molar-refractivity contribution in [1.82, 2.24) is 5.32 Å². The van der Waals surface area contributed by atoms with E-state index in [9.17, 15) is 4.79 Å². The van der Waals surface area contributed by atoms with Gasteiger partial charge in [-0.25, -0.2) is 4.79 Å². The van der Waals surface area contributed by atoms with Crippen LogP contribution in [-0.2, 0) is 16.1 Å². The average Bonchev–Trinajstić information content (AvgIpc) is 2.47. The van der Waals surface area contributed by atoms with Crippen molar-refractivity contribution in [3.63, 3.8) is 0 Å². The summed E-state index contributed by atoms with van der Waals surface area (Å²) in [6.45, 7) is 5.47. The van der Waals surface area contributed by atoms with Crippen molar-refractivity contribution in [3.05, 3.63) is 23.8 Å². The molecule has 1 N–H and O–H groups in total. The molecule has 0 radical (unpaired) electrons. The number of rotatable bonds is 8. The molecule has 112 valence electrons. The van der Waals surface area contributed by atoms with Gasteiger partial charge in [0.25, 0.3) is 0 Å². The maximum Gasteiger partial charge on any atom is 0.346 e. The summed E-state index contributed by atoms with van der Waals surface area (Å²) < 4.78 is 15.5. The number of nitrogens with one attached hydrogen (secondary N) is 1. The molecule has 0 amide bonds. The summed E-state index contributed by atoms with van der Waals surface area (Å²) >= 11 is 0. The van der Waals surface area contributed by atoms with Crippen molar-refractivity contribution in [3.8, 4) is 11.5 Å². The lowest BCUT2D eigenvalue weighted by Gasteiger charge is -2.16. The van der Waals surface area contributed by atoms with Gasteiger partial charge in [-0.05, 0) is 37.6 Å². The first kappa shape index (κ1) is 16.3. The molecule has 0 saturated heterocycles. The van der Waals surface area contributed by atoms with Gasteiger partial charge in [0.2, 0.25) is 0 Å². The molecule has 0 spiro atoms. The molecule has 20 heavy (non-hydrogen) atoms. The molecule has 1 atom stereocenters. The van der Waals surface area contributed by atoms with Gasteiger partial charge >= 0.3 is 5.97 Å². The molecule has 1 unspecified atom stereocenters. The molecule has 0 saturated carbocycles. The van der Waals surface area contributed by atoms with Crippen molar-refractivity contribution in [1.29, 1.82) is 0 Å². The van der Waals surface area contributed by atoms with Crippen LogP contribution >= 0.6 is 0 Å². The number of benzene rings is 1. The molecule has 0 aliphatic carbocycles. The maximum absolute atomic E-state index is 11.4. The van der Waals surface area contributed by atoms with Crippen molar-refractivity contribution in [2.75, 3.05) is 20.8 Å². The number of carbonyl (C=O) groups is 1. The molecule has 0 aliphatic heterocycles. The molecule has 0 fully saturated rings. The Kier molecular flexibility index (Phi) is 6.87. The first-order chi connectivity index (χ1) is 9.62. The van der Waals surface area contributed by atoms with Crippen LogP contribution in [0.4, 0.5) is 0 Å². The summed E-state index contributed by atoms with van der Waals surface area (Å²) in [5, 5.41) is 3.32. The van der Waals surface area contributed by atoms with E-state index >= 15 is 0 Å². The Labute approximate surface area is 120 Å². The van der Waals surface area contributed by atoms with E-state index in [-0.39, 0.29) is 0 Å². The third-order valence-corrected chi connectivity index (χ3v) is 2.82. The predicted molar refractivity (Wildman–Crippen MR) is 77.1 cm³/mol. The number of hydrogen-bond acceptors (Lipinski definition) is 5. The highest BCUT2D eigenvalue weighted by molar-refractivity contribution is 5.74. The topological polar surface area (TPSA) is 56.8 Å². The fraction of sp³-hybridized carbons (Fsp3) is 0.533. The van der Waals surface area contributed by atoms with E-state index in [4.69, 9.17) is 9.47 Å². The summed E-state index contributed by atoms with van der Waals surface area (Å²) in [7, 11) is 2.91. The van der Waals surface area contributed by atoms with Crippen LogP contribution in [0, 0.1) is 0 Å². The second-order valence-electron chi connectivity index (χ2n) is 4.45. The Bertz CT molecular complexity index is 434. The average molecular weight is 281 g/mol. The lowest BCUT2D eigenvalue weighted by molar-refractivity contribution is -0.147. The Hall–Kier alpha value is -1.75. The number of ether oxygens (including phenoxy) is 3. The highest BCUT2D eigenvalue weighted by Crippen LogP contribution is 2.29. The largest absolute Gasteiger partial charge is 0.493 e. The van der Waals surface area contributed by atoms with Crippen LogP contribution in [0.25, 0.3) is 0 Å². The second kappa shape index (κ2) is 8.43. The Morgan fingerprint density at radius 3 is 2.65 bits per heavy atom. The van der Waals surface area contributed by atoms with E-state index in [0.717, 1.165) is 25.1 Å². The Balaban J connectivity index is 2.80. The van der Waals surface area contributed by atoms with E-state index < -0.39 is 12.1 Å². The minimum atomic E-state index is -0.673. The zero-order valence-corrected chi connectivity index (χ0v) is 12.6. The monoisotopic (exact) mass is 281 g/mol. The smallest absolute Gasteiger partial charge is 0.346 e. The minimum Gasteiger partial charge on any atom is -0.493 e. The normalized spacial score (nSPS) is 11.8. The SMILES string of the molecule is CCCNCc1ccc(OC)c(OC(C)C(=O)OC)c1. The summed E-state index contributed by atoms with van der Waals surface area (Å²) in [5.41, 5.74) is 1.08. The van der Waals surface area contributed by atoms with E-state index in [1.165, 1.54) is 7.11 Å². The van der Waals surface area contributed by atoms with Gasteiger partial charge in [-0.15, -0.1) is 0 Å². The molecule has 0 aliphatic rings. The van der Waals surface area contributed by atoms with Crippen LogP contribution in [-0.4, -0.2) is 32.8 Å². The van der Waals surface area contributed by atoms with E-state index in [0.29, 0.717) is 11.5 Å². The third kappa shape index (κ3) is 4.74. The van der Waals surface area contributed by atoms with Crippen LogP contribution in [0.5, 0.6) is 11.5 Å². The molecule has 1 rings (SSSR count). The summed E-state index contributed by atoms with van der Waals surface area (Å²) in [6, 6.07) is 5.68. The van der Waals surface area contributed by atoms with Gasteiger partial charge in [0, 0.05) is 6.54 Å². The van der Waals surface area contributed by atoms with Crippen LogP contribution in [0.15, 0.2) is 18.2 Å². The molecule has 0 aromatic heterocycles. The second-order valence-corrected chi connectivity index (χ2v) is 4.45. The molecule has 0 bridgehead atoms. The van der Waals surface area contributed by atoms with Crippen molar-refractivity contribution in [2.45, 2.75) is 32.9 Å². The van der Waals surface area contributed by atoms with Gasteiger partial charge in [-0.2, -0.15) is 0 Å². The van der Waals surface area contributed by atoms with Crippen molar-refractivity contribution >= 4 is 5.97 Å². The van der Waals surface area contributed by atoms with Gasteiger partial charge < -0.3 is 19.5 Å². The van der Waals surface area contributed by atoms with Crippen LogP contribution in [0.2, 0.25) is 0 Å². The number of methoxy groups -OCH3 is 2. The third-order valence-electron chi connectivity index (χ3n) is 2.82. The van der Waals surface area contributed by atoms with Gasteiger partial charge in [0.15, 0.2) is 17.6 Å². The zero-order chi connectivity index (χ0) is 15.0. The zero-order valence-electron chi connectivity index (χ0n) is 12.6. The van der Waals surface area contributed by atoms with Crippen LogP contribution in [0.3, 0.4) is 0 Å². The first-order valence-electron chi connectivity index (χ1n) is 6.74. The van der Waals surface area contributed by atoms with E-state index in [2.05, 4.69) is 17.0 Å². The molecule has 0 heterocycles. The molecule has 1 aromatic carbocycles. The summed E-state index contributed by atoms with van der Waals surface area (Å²) in [6.07, 6.45) is 0.409. The highest BCUT2D eigenvalue weighted by atomic mass is 16.6.